The molecule has 0 N–H and O–H groups in total. The fourth-order valence-corrected chi connectivity index (χ4v) is 3.62. The molecule has 32 heavy (non-hydrogen) atoms. The number of fused-ring (bicyclic) bond motifs is 1. The second-order valence-electron chi connectivity index (χ2n) is 6.45. The molecule has 0 unspecified atom stereocenters. The van der Waals surface area contributed by atoms with Gasteiger partial charge in [-0.05, 0) is 24.3 Å². The number of aldehydes is 1. The van der Waals surface area contributed by atoms with Gasteiger partial charge in [0, 0.05) is 18.7 Å². The van der Waals surface area contributed by atoms with Crippen molar-refractivity contribution in [1.29, 1.82) is 0 Å². The molecule has 3 rings (SSSR count). The Balaban J connectivity index is 2.33. The number of rotatable bonds is 6. The topological polar surface area (TPSA) is 115 Å². The van der Waals surface area contributed by atoms with Crippen molar-refractivity contribution in [2.75, 3.05) is 17.6 Å². The number of hydrogen-bond acceptors (Lipinski definition) is 7. The van der Waals surface area contributed by atoms with E-state index in [1.807, 2.05) is 0 Å². The third-order valence-electron chi connectivity index (χ3n) is 4.31. The summed E-state index contributed by atoms with van der Waals surface area (Å²) >= 11 is 0. The summed E-state index contributed by atoms with van der Waals surface area (Å²) in [6.45, 7) is 0. The normalized spacial score (nSPS) is 12.7. The highest BCUT2D eigenvalue weighted by atomic mass is 32.2. The predicted octanol–water partition coefficient (Wildman–Crippen LogP) is 2.58. The van der Waals surface area contributed by atoms with Crippen molar-refractivity contribution in [3.05, 3.63) is 47.9 Å². The Morgan fingerprint density at radius 1 is 1.12 bits per heavy atom. The molecule has 0 amide bonds. The number of hydrogen-bond donors (Lipinski definition) is 0. The molecule has 3 aromatic rings. The van der Waals surface area contributed by atoms with Crippen LogP contribution in [-0.2, 0) is 20.1 Å². The summed E-state index contributed by atoms with van der Waals surface area (Å²) in [6.07, 6.45) is 1.92. The fraction of sp³-hybridized carbons (Fsp3) is 0.176. The van der Waals surface area contributed by atoms with Crippen molar-refractivity contribution in [2.45, 2.75) is 5.51 Å². The molecule has 9 nitrogen and oxygen atoms in total. The molecular formula is C17H13F4N3O6S2. The molecule has 0 saturated heterocycles. The van der Waals surface area contributed by atoms with Gasteiger partial charge in [0.15, 0.2) is 12.0 Å². The van der Waals surface area contributed by atoms with Gasteiger partial charge in [-0.25, -0.2) is 17.3 Å². The van der Waals surface area contributed by atoms with Crippen LogP contribution in [0.1, 0.15) is 10.4 Å². The number of carbonyl (C=O) groups is 1. The van der Waals surface area contributed by atoms with E-state index in [1.54, 1.807) is 0 Å². The van der Waals surface area contributed by atoms with Crippen LogP contribution in [0.4, 0.5) is 23.2 Å². The molecule has 2 aromatic heterocycles. The lowest BCUT2D eigenvalue weighted by Gasteiger charge is -2.20. The average molecular weight is 495 g/mol. The van der Waals surface area contributed by atoms with Crippen LogP contribution in [0, 0.1) is 5.82 Å². The molecule has 1 aromatic carbocycles. The van der Waals surface area contributed by atoms with E-state index in [9.17, 15) is 39.2 Å². The maximum atomic E-state index is 13.2. The summed E-state index contributed by atoms with van der Waals surface area (Å²) in [7, 11) is -9.30. The van der Waals surface area contributed by atoms with E-state index in [4.69, 9.17) is 0 Å². The van der Waals surface area contributed by atoms with Gasteiger partial charge in [0.2, 0.25) is 10.0 Å². The minimum atomic E-state index is -6.17. The number of halogens is 4. The number of sulfonamides is 1. The highest BCUT2D eigenvalue weighted by Gasteiger charge is 2.49. The molecule has 0 aliphatic carbocycles. The van der Waals surface area contributed by atoms with Crippen molar-refractivity contribution < 1.29 is 43.4 Å². The number of nitrogens with zero attached hydrogens (tertiary/aromatic N) is 3. The van der Waals surface area contributed by atoms with Crippen LogP contribution in [0.3, 0.4) is 0 Å². The van der Waals surface area contributed by atoms with E-state index in [1.165, 1.54) is 12.1 Å². The molecule has 2 heterocycles. The van der Waals surface area contributed by atoms with Gasteiger partial charge in [-0.2, -0.15) is 26.7 Å². The minimum Gasteiger partial charge on any atom is -0.374 e. The number of alkyl halides is 3. The summed E-state index contributed by atoms with van der Waals surface area (Å²) in [4.78, 5) is 11.7. The van der Waals surface area contributed by atoms with Gasteiger partial charge in [0.05, 0.1) is 23.5 Å². The Hall–Kier alpha value is -3.20. The minimum absolute atomic E-state index is 0.0104. The monoisotopic (exact) mass is 495 g/mol. The summed E-state index contributed by atoms with van der Waals surface area (Å²) in [5.74, 6) is -1.58. The van der Waals surface area contributed by atoms with Gasteiger partial charge >= 0.3 is 15.6 Å². The van der Waals surface area contributed by atoms with Crippen molar-refractivity contribution >= 4 is 37.6 Å². The maximum absolute atomic E-state index is 13.2. The highest BCUT2D eigenvalue weighted by molar-refractivity contribution is 7.92. The first kappa shape index (κ1) is 23.5. The summed E-state index contributed by atoms with van der Waals surface area (Å²) in [5.41, 5.74) is -6.51. The van der Waals surface area contributed by atoms with Crippen molar-refractivity contribution in [3.63, 3.8) is 0 Å². The first-order chi connectivity index (χ1) is 14.7. The second-order valence-corrected chi connectivity index (χ2v) is 10.0. The zero-order chi connectivity index (χ0) is 24.1. The molecule has 0 bridgehead atoms. The highest BCUT2D eigenvalue weighted by Crippen LogP contribution is 2.37. The van der Waals surface area contributed by atoms with Gasteiger partial charge in [-0.15, -0.1) is 0 Å². The van der Waals surface area contributed by atoms with Crippen LogP contribution in [0.2, 0.25) is 0 Å². The maximum Gasteiger partial charge on any atom is 0.534 e. The summed E-state index contributed by atoms with van der Waals surface area (Å²) in [6, 6.07) is 5.49. The number of anilines is 1. The van der Waals surface area contributed by atoms with Gasteiger partial charge < -0.3 is 4.18 Å². The largest absolute Gasteiger partial charge is 0.534 e. The number of pyridine rings is 1. The second kappa shape index (κ2) is 7.74. The summed E-state index contributed by atoms with van der Waals surface area (Å²) in [5, 5.41) is 4.11. The van der Waals surface area contributed by atoms with Gasteiger partial charge in [0.25, 0.3) is 0 Å². The van der Waals surface area contributed by atoms with Crippen molar-refractivity contribution in [3.8, 4) is 17.0 Å². The number of benzene rings is 1. The fourth-order valence-electron chi connectivity index (χ4n) is 2.66. The lowest BCUT2D eigenvalue weighted by molar-refractivity contribution is -0.0499. The molecule has 0 spiro atoms. The lowest BCUT2D eigenvalue weighted by atomic mass is 10.1. The quantitative estimate of drug-likeness (QED) is 0.223. The Bertz CT molecular complexity index is 1420. The number of carbonyl (C=O) groups excluding carboxylic acids is 1. The standard InChI is InChI=1S/C17H13F4N3O6S2/c1-23(31(2,26)27)14-8-24-13(7-15(14)30-32(28,29)17(19,20)21)12(9-25)16(22-24)10-3-5-11(18)6-4-10/h3-9H,1-2H3. The van der Waals surface area contributed by atoms with E-state index in [0.717, 1.165) is 42.2 Å². The Morgan fingerprint density at radius 2 is 1.72 bits per heavy atom. The Morgan fingerprint density at radius 3 is 2.22 bits per heavy atom. The van der Waals surface area contributed by atoms with Crippen LogP contribution in [0.5, 0.6) is 5.75 Å². The van der Waals surface area contributed by atoms with Crippen LogP contribution < -0.4 is 8.49 Å². The smallest absolute Gasteiger partial charge is 0.374 e. The van der Waals surface area contributed by atoms with Gasteiger partial charge in [-0.3, -0.25) is 9.10 Å². The van der Waals surface area contributed by atoms with E-state index < -0.39 is 42.9 Å². The molecule has 0 radical (unpaired) electrons. The van der Waals surface area contributed by atoms with Crippen LogP contribution >= 0.6 is 0 Å². The van der Waals surface area contributed by atoms with Crippen LogP contribution in [0.15, 0.2) is 36.5 Å². The molecular weight excluding hydrogens is 482 g/mol. The zero-order valence-corrected chi connectivity index (χ0v) is 17.8. The van der Waals surface area contributed by atoms with Crippen molar-refractivity contribution in [2.24, 2.45) is 0 Å². The van der Waals surface area contributed by atoms with Gasteiger partial charge in [-0.1, -0.05) is 0 Å². The Labute approximate surface area is 179 Å². The molecule has 0 fully saturated rings. The predicted molar refractivity (Wildman–Crippen MR) is 105 cm³/mol. The van der Waals surface area contributed by atoms with Gasteiger partial charge in [0.1, 0.15) is 17.2 Å². The third kappa shape index (κ3) is 4.25. The van der Waals surface area contributed by atoms with Crippen LogP contribution in [0.25, 0.3) is 16.8 Å². The molecule has 172 valence electrons. The first-order valence-corrected chi connectivity index (χ1v) is 11.6. The molecule has 15 heteroatoms. The molecule has 0 atom stereocenters. The third-order valence-corrected chi connectivity index (χ3v) is 6.46. The van der Waals surface area contributed by atoms with E-state index >= 15 is 0 Å². The lowest BCUT2D eigenvalue weighted by Crippen LogP contribution is -2.30. The van der Waals surface area contributed by atoms with Crippen molar-refractivity contribution in [1.82, 2.24) is 9.61 Å². The summed E-state index contributed by atoms with van der Waals surface area (Å²) < 4.78 is 104. The molecule has 0 aliphatic heterocycles. The molecule has 0 saturated carbocycles. The van der Waals surface area contributed by atoms with E-state index in [0.29, 0.717) is 10.6 Å². The first-order valence-electron chi connectivity index (χ1n) is 8.38. The van der Waals surface area contributed by atoms with Crippen LogP contribution in [-0.4, -0.2) is 51.5 Å². The SMILES string of the molecule is CN(c1cn2nc(-c3ccc(F)cc3)c(C=O)c2cc1OS(=O)(=O)C(F)(F)F)S(C)(=O)=O. The zero-order valence-electron chi connectivity index (χ0n) is 16.2. The van der Waals surface area contributed by atoms with E-state index in [2.05, 4.69) is 9.28 Å². The Kier molecular flexibility index (Phi) is 5.67. The van der Waals surface area contributed by atoms with E-state index in [-0.39, 0.29) is 22.3 Å². The molecule has 0 aliphatic rings. The number of aromatic nitrogens is 2. The average Bonchev–Trinajstić information content (AvgIpc) is 3.02.